The molecule has 0 aliphatic rings. The zero-order valence-electron chi connectivity index (χ0n) is 8.95. The second-order valence-electron chi connectivity index (χ2n) is 3.50. The summed E-state index contributed by atoms with van der Waals surface area (Å²) in [5.74, 6) is -0.289. The molecule has 0 aromatic heterocycles. The summed E-state index contributed by atoms with van der Waals surface area (Å²) in [6, 6.07) is 4.53. The maximum absolute atomic E-state index is 11.7. The van der Waals surface area contributed by atoms with Crippen molar-refractivity contribution < 1.29 is 9.59 Å². The van der Waals surface area contributed by atoms with E-state index in [1.54, 1.807) is 6.07 Å². The molecule has 0 fully saturated rings. The SMILES string of the molecule is CC(C)NC(=O)c1cc(N=C=O)ccc1Cl. The average molecular weight is 239 g/mol. The van der Waals surface area contributed by atoms with Gasteiger partial charge in [0, 0.05) is 6.04 Å². The van der Waals surface area contributed by atoms with Crippen LogP contribution in [0.1, 0.15) is 24.2 Å². The summed E-state index contributed by atoms with van der Waals surface area (Å²) in [5, 5.41) is 3.03. The molecule has 0 saturated heterocycles. The fourth-order valence-electron chi connectivity index (χ4n) is 1.15. The quantitative estimate of drug-likeness (QED) is 0.650. The van der Waals surface area contributed by atoms with Crippen molar-refractivity contribution >= 4 is 29.3 Å². The number of carbonyl (C=O) groups excluding carboxylic acids is 2. The first-order chi connectivity index (χ1) is 7.54. The summed E-state index contributed by atoms with van der Waals surface area (Å²) < 4.78 is 0. The van der Waals surface area contributed by atoms with Crippen molar-refractivity contribution in [3.63, 3.8) is 0 Å². The smallest absolute Gasteiger partial charge is 0.253 e. The minimum Gasteiger partial charge on any atom is -0.350 e. The van der Waals surface area contributed by atoms with Gasteiger partial charge in [-0.3, -0.25) is 4.79 Å². The lowest BCUT2D eigenvalue weighted by Crippen LogP contribution is -2.30. The normalized spacial score (nSPS) is 9.75. The third-order valence-electron chi connectivity index (χ3n) is 1.79. The van der Waals surface area contributed by atoms with E-state index in [1.165, 1.54) is 18.2 Å². The van der Waals surface area contributed by atoms with Crippen molar-refractivity contribution in [1.29, 1.82) is 0 Å². The molecule has 1 N–H and O–H groups in total. The summed E-state index contributed by atoms with van der Waals surface area (Å²) in [4.78, 5) is 25.2. The van der Waals surface area contributed by atoms with Crippen LogP contribution in [-0.4, -0.2) is 18.0 Å². The first-order valence-electron chi connectivity index (χ1n) is 4.73. The molecule has 0 bridgehead atoms. The molecule has 0 heterocycles. The van der Waals surface area contributed by atoms with Crippen LogP contribution < -0.4 is 5.32 Å². The zero-order valence-corrected chi connectivity index (χ0v) is 9.71. The van der Waals surface area contributed by atoms with Crippen LogP contribution in [0.2, 0.25) is 5.02 Å². The van der Waals surface area contributed by atoms with E-state index in [9.17, 15) is 9.59 Å². The van der Waals surface area contributed by atoms with Crippen molar-refractivity contribution in [2.24, 2.45) is 4.99 Å². The van der Waals surface area contributed by atoms with Crippen molar-refractivity contribution in [3.8, 4) is 0 Å². The highest BCUT2D eigenvalue weighted by Gasteiger charge is 2.11. The third kappa shape index (κ3) is 3.19. The molecular formula is C11H11ClN2O2. The van der Waals surface area contributed by atoms with Crippen LogP contribution in [0.15, 0.2) is 23.2 Å². The summed E-state index contributed by atoms with van der Waals surface area (Å²) in [6.07, 6.45) is 1.41. The van der Waals surface area contributed by atoms with Crippen LogP contribution in [0.5, 0.6) is 0 Å². The Morgan fingerprint density at radius 1 is 1.50 bits per heavy atom. The molecule has 1 rings (SSSR count). The largest absolute Gasteiger partial charge is 0.350 e. The number of benzene rings is 1. The van der Waals surface area contributed by atoms with E-state index in [0.717, 1.165) is 0 Å². The van der Waals surface area contributed by atoms with Crippen LogP contribution in [0.25, 0.3) is 0 Å². The van der Waals surface area contributed by atoms with Crippen molar-refractivity contribution in [2.75, 3.05) is 0 Å². The molecule has 0 saturated carbocycles. The van der Waals surface area contributed by atoms with Crippen LogP contribution in [-0.2, 0) is 4.79 Å². The van der Waals surface area contributed by atoms with Gasteiger partial charge in [0.2, 0.25) is 6.08 Å². The predicted molar refractivity (Wildman–Crippen MR) is 61.8 cm³/mol. The number of carbonyl (C=O) groups is 1. The minimum atomic E-state index is -0.289. The van der Waals surface area contributed by atoms with E-state index in [2.05, 4.69) is 10.3 Å². The highest BCUT2D eigenvalue weighted by molar-refractivity contribution is 6.34. The van der Waals surface area contributed by atoms with Gasteiger partial charge >= 0.3 is 0 Å². The zero-order chi connectivity index (χ0) is 12.1. The number of amides is 1. The van der Waals surface area contributed by atoms with E-state index in [1.807, 2.05) is 13.8 Å². The number of hydrogen-bond acceptors (Lipinski definition) is 3. The van der Waals surface area contributed by atoms with Gasteiger partial charge in [-0.25, -0.2) is 4.79 Å². The Labute approximate surface area is 98.3 Å². The maximum atomic E-state index is 11.7. The standard InChI is InChI=1S/C11H11ClN2O2/c1-7(2)14-11(16)9-5-8(13-6-15)3-4-10(9)12/h3-5,7H,1-2H3,(H,14,16). The Hall–Kier alpha value is -1.64. The molecule has 4 nitrogen and oxygen atoms in total. The first kappa shape index (κ1) is 12.4. The Balaban J connectivity index is 3.06. The topological polar surface area (TPSA) is 58.5 Å². The molecule has 0 unspecified atom stereocenters. The van der Waals surface area contributed by atoms with Gasteiger partial charge in [0.1, 0.15) is 0 Å². The average Bonchev–Trinajstić information content (AvgIpc) is 2.20. The Morgan fingerprint density at radius 2 is 2.19 bits per heavy atom. The van der Waals surface area contributed by atoms with E-state index >= 15 is 0 Å². The minimum absolute atomic E-state index is 0.0156. The van der Waals surface area contributed by atoms with Crippen molar-refractivity contribution in [3.05, 3.63) is 28.8 Å². The number of nitrogens with one attached hydrogen (secondary N) is 1. The predicted octanol–water partition coefficient (Wildman–Crippen LogP) is 2.45. The van der Waals surface area contributed by atoms with Gasteiger partial charge in [-0.1, -0.05) is 11.6 Å². The monoisotopic (exact) mass is 238 g/mol. The Bertz CT molecular complexity index is 451. The van der Waals surface area contributed by atoms with Crippen molar-refractivity contribution in [2.45, 2.75) is 19.9 Å². The highest BCUT2D eigenvalue weighted by Crippen LogP contribution is 2.22. The number of rotatable bonds is 3. The molecule has 0 aliphatic carbocycles. The van der Waals surface area contributed by atoms with Gasteiger partial charge < -0.3 is 5.32 Å². The van der Waals surface area contributed by atoms with E-state index < -0.39 is 0 Å². The summed E-state index contributed by atoms with van der Waals surface area (Å²) >= 11 is 5.87. The molecule has 0 radical (unpaired) electrons. The molecule has 1 amide bonds. The molecule has 5 heteroatoms. The van der Waals surface area contributed by atoms with Crippen molar-refractivity contribution in [1.82, 2.24) is 5.32 Å². The third-order valence-corrected chi connectivity index (χ3v) is 2.12. The van der Waals surface area contributed by atoms with E-state index in [4.69, 9.17) is 11.6 Å². The van der Waals surface area contributed by atoms with Gasteiger partial charge in [-0.15, -0.1) is 0 Å². The second-order valence-corrected chi connectivity index (χ2v) is 3.90. The molecule has 0 aliphatic heterocycles. The number of nitrogens with zero attached hydrogens (tertiary/aromatic N) is 1. The van der Waals surface area contributed by atoms with Gasteiger partial charge in [0.05, 0.1) is 16.3 Å². The van der Waals surface area contributed by atoms with E-state index in [0.29, 0.717) is 16.3 Å². The summed E-state index contributed by atoms with van der Waals surface area (Å²) in [5.41, 5.74) is 0.653. The van der Waals surface area contributed by atoms with E-state index in [-0.39, 0.29) is 11.9 Å². The molecule has 84 valence electrons. The molecule has 0 spiro atoms. The number of aliphatic imine (C=N–C) groups is 1. The Morgan fingerprint density at radius 3 is 2.75 bits per heavy atom. The maximum Gasteiger partial charge on any atom is 0.253 e. The lowest BCUT2D eigenvalue weighted by Gasteiger charge is -2.09. The Kier molecular flexibility index (Phi) is 4.23. The van der Waals surface area contributed by atoms with Crippen LogP contribution in [0, 0.1) is 0 Å². The van der Waals surface area contributed by atoms with Gasteiger partial charge in [-0.05, 0) is 32.0 Å². The molecule has 0 atom stereocenters. The molecule has 1 aromatic rings. The van der Waals surface area contributed by atoms with Gasteiger partial charge in [0.15, 0.2) is 0 Å². The van der Waals surface area contributed by atoms with Crippen LogP contribution in [0.3, 0.4) is 0 Å². The fraction of sp³-hybridized carbons (Fsp3) is 0.273. The lowest BCUT2D eigenvalue weighted by atomic mass is 10.2. The lowest BCUT2D eigenvalue weighted by molar-refractivity contribution is 0.0943. The van der Waals surface area contributed by atoms with Crippen LogP contribution >= 0.6 is 11.6 Å². The summed E-state index contributed by atoms with van der Waals surface area (Å²) in [7, 11) is 0. The van der Waals surface area contributed by atoms with Gasteiger partial charge in [0.25, 0.3) is 5.91 Å². The molecular weight excluding hydrogens is 228 g/mol. The second kappa shape index (κ2) is 5.45. The molecule has 16 heavy (non-hydrogen) atoms. The first-order valence-corrected chi connectivity index (χ1v) is 5.10. The highest BCUT2D eigenvalue weighted by atomic mass is 35.5. The number of halogens is 1. The number of hydrogen-bond donors (Lipinski definition) is 1. The molecule has 1 aromatic carbocycles. The summed E-state index contributed by atoms with van der Waals surface area (Å²) in [6.45, 7) is 3.69. The fourth-order valence-corrected chi connectivity index (χ4v) is 1.35. The van der Waals surface area contributed by atoms with Gasteiger partial charge in [-0.2, -0.15) is 4.99 Å². The number of isocyanates is 1. The van der Waals surface area contributed by atoms with Crippen LogP contribution in [0.4, 0.5) is 5.69 Å².